The molecular weight excluding hydrogens is 1220 g/mol. The summed E-state index contributed by atoms with van der Waals surface area (Å²) >= 11 is 15.3. The summed E-state index contributed by atoms with van der Waals surface area (Å²) in [6.07, 6.45) is 7.38. The van der Waals surface area contributed by atoms with Gasteiger partial charge in [-0.25, -0.2) is 19.6 Å². The quantitative estimate of drug-likeness (QED) is 0.113. The normalized spacial score (nSPS) is 16.6. The van der Waals surface area contributed by atoms with E-state index in [0.717, 1.165) is 66.0 Å². The molecular formula is C56H47Cl2F3N16O8S2. The maximum Gasteiger partial charge on any atom is 0.490 e. The molecule has 2 atom stereocenters. The van der Waals surface area contributed by atoms with Crippen molar-refractivity contribution in [2.45, 2.75) is 69.6 Å². The van der Waals surface area contributed by atoms with Crippen molar-refractivity contribution in [2.24, 2.45) is 9.98 Å². The topological polar surface area (TPSA) is 286 Å². The van der Waals surface area contributed by atoms with Crippen LogP contribution in [0.25, 0.3) is 45.0 Å². The van der Waals surface area contributed by atoms with Crippen molar-refractivity contribution < 1.29 is 42.2 Å². The van der Waals surface area contributed by atoms with Gasteiger partial charge in [-0.2, -0.15) is 22.5 Å². The first-order valence-electron chi connectivity index (χ1n) is 26.7. The van der Waals surface area contributed by atoms with Gasteiger partial charge < -0.3 is 19.6 Å². The van der Waals surface area contributed by atoms with E-state index in [-0.39, 0.29) is 41.6 Å². The smallest absolute Gasteiger partial charge is 0.475 e. The summed E-state index contributed by atoms with van der Waals surface area (Å²) in [7, 11) is 3.48. The van der Waals surface area contributed by atoms with Crippen LogP contribution in [0.15, 0.2) is 116 Å². The van der Waals surface area contributed by atoms with Gasteiger partial charge >= 0.3 is 18.1 Å². The maximum absolute atomic E-state index is 13.5. The van der Waals surface area contributed by atoms with E-state index >= 15 is 0 Å². The number of fused-ring (bicyclic) bond motifs is 2. The molecule has 1 fully saturated rings. The number of carboxylic acid groups (broad SMARTS) is 1. The molecule has 2 aromatic carbocycles. The first-order valence-corrected chi connectivity index (χ1v) is 29.3. The number of carbonyl (C=O) groups excluding carboxylic acids is 3. The number of aromatic nitrogens is 12. The average molecular weight is 1260 g/mol. The Hall–Kier alpha value is -9.19. The third-order valence-corrected chi connectivity index (χ3v) is 17.0. The van der Waals surface area contributed by atoms with Crippen molar-refractivity contribution in [3.8, 4) is 33.9 Å². The molecule has 0 unspecified atom stereocenters. The Morgan fingerprint density at radius 1 is 0.701 bits per heavy atom. The number of nitrogens with zero attached hydrogens (tertiary/aromatic N) is 16. The van der Waals surface area contributed by atoms with Gasteiger partial charge in [-0.05, 0) is 128 Å². The van der Waals surface area contributed by atoms with Crippen LogP contribution in [-0.2, 0) is 27.2 Å². The van der Waals surface area contributed by atoms with Crippen LogP contribution in [0.3, 0.4) is 0 Å². The maximum atomic E-state index is 13.5. The molecule has 6 aromatic heterocycles. The average Bonchev–Trinajstić information content (AvgIpc) is 1.89. The molecule has 1 saturated heterocycles. The molecule has 5 aliphatic heterocycles. The number of aliphatic carboxylic acids is 1. The van der Waals surface area contributed by atoms with Crippen LogP contribution >= 0.6 is 45.9 Å². The minimum Gasteiger partial charge on any atom is -0.475 e. The molecule has 0 saturated carbocycles. The standard InChI is InChI=1S/C29H25ClN8O4S.C25H21ClN8O2S.C2HF3O2/c30-19-3-4-23(37-16-32-34-35-37)20(11-19)21-12-27(39)38-24(5-6-26(38)33-21)22-9-17(13-31-22)18-10-25(43-15-18)29(41)42-14-28(40)36-7-1-2-8-36;1-32(2)25(36)22-8-15(12-37-22)14-7-19(27-11-14)21-5-6-23-29-18(10-24(35)34(21)23)17-9-16(26)3-4-20(17)33-13-28-30-31-33;3-2(4,5)1(6)7/h3-4,10-13,15-16,24H,1-2,5-9,14H2;3-4,8-13,21H,5-7H2,1-2H3;(H,6,7)/t24-;21-;/m00./s1. The Kier molecular flexibility index (Phi) is 17.1. The molecule has 1 N–H and O–H groups in total. The van der Waals surface area contributed by atoms with E-state index in [2.05, 4.69) is 41.0 Å². The lowest BCUT2D eigenvalue weighted by molar-refractivity contribution is -0.192. The van der Waals surface area contributed by atoms with E-state index in [1.54, 1.807) is 81.7 Å². The Balaban J connectivity index is 0.000000164. The Bertz CT molecular complexity index is 4260. The van der Waals surface area contributed by atoms with Gasteiger partial charge in [0.1, 0.15) is 29.2 Å². The van der Waals surface area contributed by atoms with Gasteiger partial charge in [0.05, 0.1) is 39.7 Å². The number of alkyl halides is 3. The van der Waals surface area contributed by atoms with Crippen LogP contribution in [-0.4, -0.2) is 150 Å². The molecule has 0 bridgehead atoms. The second kappa shape index (κ2) is 25.0. The molecule has 2 amide bonds. The number of tetrazole rings is 2. The van der Waals surface area contributed by atoms with Gasteiger partial charge in [0.15, 0.2) is 6.61 Å². The number of thiophene rings is 2. The number of ether oxygens (including phenoxy) is 1. The number of carboxylic acids is 1. The molecule has 24 nitrogen and oxygen atoms in total. The lowest BCUT2D eigenvalue weighted by Crippen LogP contribution is -2.31. The number of hydrogen-bond donors (Lipinski definition) is 1. The second-order valence-electron chi connectivity index (χ2n) is 20.4. The molecule has 8 aromatic rings. The van der Waals surface area contributed by atoms with E-state index in [9.17, 15) is 37.1 Å². The summed E-state index contributed by atoms with van der Waals surface area (Å²) in [6.45, 7) is 1.19. The number of benzene rings is 2. The second-order valence-corrected chi connectivity index (χ2v) is 23.1. The van der Waals surface area contributed by atoms with Crippen LogP contribution < -0.4 is 11.1 Å². The Morgan fingerprint density at radius 2 is 1.17 bits per heavy atom. The number of likely N-dealkylation sites (tertiary alicyclic amines) is 1. The summed E-state index contributed by atoms with van der Waals surface area (Å²) in [5, 5.41) is 34.8. The number of rotatable bonds is 12. The molecule has 0 aliphatic carbocycles. The lowest BCUT2D eigenvalue weighted by atomic mass is 10.0. The third kappa shape index (κ3) is 12.9. The number of esters is 1. The van der Waals surface area contributed by atoms with Crippen molar-refractivity contribution in [3.05, 3.63) is 160 Å². The number of aryl methyl sites for hydroxylation is 2. The van der Waals surface area contributed by atoms with Crippen molar-refractivity contribution in [1.82, 2.24) is 69.3 Å². The molecule has 5 aliphatic rings. The van der Waals surface area contributed by atoms with Crippen LogP contribution in [0.1, 0.15) is 92.7 Å². The lowest BCUT2D eigenvalue weighted by Gasteiger charge is -2.16. The molecule has 446 valence electrons. The highest BCUT2D eigenvalue weighted by Gasteiger charge is 2.38. The van der Waals surface area contributed by atoms with Gasteiger partial charge in [0.2, 0.25) is 0 Å². The van der Waals surface area contributed by atoms with Gasteiger partial charge in [-0.1, -0.05) is 23.2 Å². The molecule has 87 heavy (non-hydrogen) atoms. The highest BCUT2D eigenvalue weighted by atomic mass is 35.5. The summed E-state index contributed by atoms with van der Waals surface area (Å²) < 4.78 is 43.5. The van der Waals surface area contributed by atoms with Crippen molar-refractivity contribution in [2.75, 3.05) is 33.8 Å². The summed E-state index contributed by atoms with van der Waals surface area (Å²) in [5.41, 5.74) is 9.01. The van der Waals surface area contributed by atoms with Crippen LogP contribution in [0.5, 0.6) is 0 Å². The van der Waals surface area contributed by atoms with Crippen molar-refractivity contribution in [1.29, 1.82) is 0 Å². The fraction of sp³-hybridized carbons (Fsp3) is 0.286. The minimum atomic E-state index is -5.08. The van der Waals surface area contributed by atoms with E-state index in [0.29, 0.717) is 97.4 Å². The summed E-state index contributed by atoms with van der Waals surface area (Å²) in [5.74, 6) is -2.06. The van der Waals surface area contributed by atoms with Gasteiger partial charge in [0, 0.05) is 110 Å². The minimum absolute atomic E-state index is 0.0166. The molecule has 31 heteroatoms. The van der Waals surface area contributed by atoms with Crippen LogP contribution in [0.4, 0.5) is 13.2 Å². The van der Waals surface area contributed by atoms with Gasteiger partial charge in [0.25, 0.3) is 22.9 Å². The zero-order valence-corrected chi connectivity index (χ0v) is 49.0. The summed E-state index contributed by atoms with van der Waals surface area (Å²) in [6, 6.07) is 16.9. The SMILES string of the molecule is CN(C)C(=O)c1cc(C2=CN=C([C@@H]3CCc4nc(-c5cc(Cl)ccc5-n5cnnn5)cc(=O)n43)C2)cs1.O=C(O)C(F)(F)F.O=C(OCC(=O)N1CCCC1)c1cc(C2=CN=C([C@@H]3CCc4nc(-c5cc(Cl)ccc5-n5cnnn5)cc(=O)n43)C2)cs1. The van der Waals surface area contributed by atoms with Crippen molar-refractivity contribution >= 4 is 92.2 Å². The Labute approximate surface area is 508 Å². The highest BCUT2D eigenvalue weighted by molar-refractivity contribution is 7.12. The number of allylic oxidation sites excluding steroid dienone is 2. The van der Waals surface area contributed by atoms with Crippen LogP contribution in [0, 0.1) is 0 Å². The summed E-state index contributed by atoms with van der Waals surface area (Å²) in [4.78, 5) is 96.3. The van der Waals surface area contributed by atoms with E-state index in [4.69, 9.17) is 47.8 Å². The van der Waals surface area contributed by atoms with E-state index < -0.39 is 18.1 Å². The first kappa shape index (κ1) is 59.5. The highest BCUT2D eigenvalue weighted by Crippen LogP contribution is 2.38. The monoisotopic (exact) mass is 1260 g/mol. The number of carbonyl (C=O) groups is 4. The van der Waals surface area contributed by atoms with Gasteiger partial charge in [-0.3, -0.25) is 38.3 Å². The molecule has 0 spiro atoms. The number of halogens is 5. The zero-order valence-electron chi connectivity index (χ0n) is 45.8. The number of hydrogen-bond acceptors (Lipinski definition) is 19. The predicted molar refractivity (Wildman–Crippen MR) is 315 cm³/mol. The number of aliphatic imine (C=N–C) groups is 2. The molecule has 0 radical (unpaired) electrons. The van der Waals surface area contributed by atoms with E-state index in [1.165, 1.54) is 56.8 Å². The molecule has 11 heterocycles. The van der Waals surface area contributed by atoms with Crippen molar-refractivity contribution in [3.63, 3.8) is 0 Å². The predicted octanol–water partition coefficient (Wildman–Crippen LogP) is 8.06. The first-order chi connectivity index (χ1) is 41.8. The fourth-order valence-electron chi connectivity index (χ4n) is 10.5. The largest absolute Gasteiger partial charge is 0.490 e. The fourth-order valence-corrected chi connectivity index (χ4v) is 12.6. The van der Waals surface area contributed by atoms with E-state index in [1.807, 2.05) is 23.0 Å². The zero-order chi connectivity index (χ0) is 61.3. The molecule has 13 rings (SSSR count). The van der Waals surface area contributed by atoms with Crippen LogP contribution in [0.2, 0.25) is 10.0 Å². The number of amides is 2. The van der Waals surface area contributed by atoms with Gasteiger partial charge in [-0.15, -0.1) is 32.9 Å². The Morgan fingerprint density at radius 3 is 1.62 bits per heavy atom. The third-order valence-electron chi connectivity index (χ3n) is 14.7.